The molecule has 0 radical (unpaired) electrons. The molecule has 3 rings (SSSR count). The number of amides is 1. The van der Waals surface area contributed by atoms with Crippen LogP contribution < -0.4 is 0 Å². The fraction of sp³-hybridized carbons (Fsp3) is 0.650. The molecule has 0 bridgehead atoms. The minimum atomic E-state index is 0.137. The normalized spacial score (nSPS) is 26.2. The summed E-state index contributed by atoms with van der Waals surface area (Å²) >= 11 is 0. The molecule has 138 valence electrons. The van der Waals surface area contributed by atoms with Crippen LogP contribution in [0.15, 0.2) is 30.3 Å². The molecule has 5 nitrogen and oxygen atoms in total. The molecule has 1 spiro atoms. The van der Waals surface area contributed by atoms with Crippen molar-refractivity contribution in [3.63, 3.8) is 0 Å². The summed E-state index contributed by atoms with van der Waals surface area (Å²) in [6.45, 7) is 6.45. The Kier molecular flexibility index (Phi) is 6.10. The van der Waals surface area contributed by atoms with E-state index in [1.807, 2.05) is 30.1 Å². The number of ether oxygens (including phenoxy) is 1. The fourth-order valence-corrected chi connectivity index (χ4v) is 3.99. The molecule has 2 aliphatic rings. The standard InChI is InChI=1S/C20H31N3O2/c1-21-11-10-20(9-8-19(21)24)17-23(13-12-22(20)2)14-15-25-16-18-6-4-3-5-7-18/h3-7H,8-17H2,1-2H3/t20-/m0/s1. The lowest BCUT2D eigenvalue weighted by Gasteiger charge is -2.49. The third-order valence-electron chi connectivity index (χ3n) is 5.89. The first-order chi connectivity index (χ1) is 12.1. The van der Waals surface area contributed by atoms with Crippen LogP contribution in [0.5, 0.6) is 0 Å². The van der Waals surface area contributed by atoms with Crippen molar-refractivity contribution in [1.82, 2.24) is 14.7 Å². The molecular formula is C20H31N3O2. The molecule has 25 heavy (non-hydrogen) atoms. The van der Waals surface area contributed by atoms with E-state index in [-0.39, 0.29) is 11.4 Å². The third kappa shape index (κ3) is 4.60. The molecule has 5 heteroatoms. The number of carbonyl (C=O) groups excluding carboxylic acids is 1. The number of nitrogens with zero attached hydrogens (tertiary/aromatic N) is 3. The number of likely N-dealkylation sites (tertiary alicyclic amines) is 1. The van der Waals surface area contributed by atoms with Crippen molar-refractivity contribution in [2.75, 3.05) is 53.4 Å². The molecule has 0 saturated carbocycles. The van der Waals surface area contributed by atoms with Gasteiger partial charge in [-0.15, -0.1) is 0 Å². The molecule has 2 fully saturated rings. The van der Waals surface area contributed by atoms with E-state index < -0.39 is 0 Å². The maximum Gasteiger partial charge on any atom is 0.222 e. The van der Waals surface area contributed by atoms with Gasteiger partial charge in [-0.05, 0) is 25.5 Å². The SMILES string of the molecule is CN1CC[C@@]2(CCC1=O)CN(CCOCc1ccccc1)CCN2C. The molecule has 2 aliphatic heterocycles. The van der Waals surface area contributed by atoms with Gasteiger partial charge in [0, 0.05) is 51.7 Å². The molecule has 0 aliphatic carbocycles. The number of rotatable bonds is 5. The van der Waals surface area contributed by atoms with E-state index in [4.69, 9.17) is 4.74 Å². The number of carbonyl (C=O) groups is 1. The Morgan fingerprint density at radius 2 is 1.88 bits per heavy atom. The molecular weight excluding hydrogens is 314 g/mol. The van der Waals surface area contributed by atoms with Gasteiger partial charge in [0.25, 0.3) is 0 Å². The van der Waals surface area contributed by atoms with Gasteiger partial charge in [0.05, 0.1) is 13.2 Å². The van der Waals surface area contributed by atoms with Crippen molar-refractivity contribution in [2.24, 2.45) is 0 Å². The Balaban J connectivity index is 1.49. The zero-order chi connectivity index (χ0) is 17.7. The van der Waals surface area contributed by atoms with Crippen molar-refractivity contribution in [2.45, 2.75) is 31.4 Å². The van der Waals surface area contributed by atoms with Crippen molar-refractivity contribution in [3.8, 4) is 0 Å². The summed E-state index contributed by atoms with van der Waals surface area (Å²) in [5.74, 6) is 0.286. The number of likely N-dealkylation sites (N-methyl/N-ethyl adjacent to an activating group) is 1. The van der Waals surface area contributed by atoms with Crippen LogP contribution in [0.25, 0.3) is 0 Å². The minimum Gasteiger partial charge on any atom is -0.375 e. The second kappa shape index (κ2) is 8.30. The first-order valence-electron chi connectivity index (χ1n) is 9.38. The second-order valence-corrected chi connectivity index (χ2v) is 7.53. The lowest BCUT2D eigenvalue weighted by atomic mass is 9.86. The van der Waals surface area contributed by atoms with E-state index >= 15 is 0 Å². The number of benzene rings is 1. The molecule has 0 unspecified atom stereocenters. The Labute approximate surface area is 151 Å². The number of hydrogen-bond acceptors (Lipinski definition) is 4. The quantitative estimate of drug-likeness (QED) is 0.763. The highest BCUT2D eigenvalue weighted by atomic mass is 16.5. The van der Waals surface area contributed by atoms with E-state index in [9.17, 15) is 4.79 Å². The van der Waals surface area contributed by atoms with Gasteiger partial charge in [0.15, 0.2) is 0 Å². The van der Waals surface area contributed by atoms with Crippen LogP contribution in [0.1, 0.15) is 24.8 Å². The first kappa shape index (κ1) is 18.4. The average molecular weight is 345 g/mol. The Morgan fingerprint density at radius 1 is 1.08 bits per heavy atom. The largest absolute Gasteiger partial charge is 0.375 e. The van der Waals surface area contributed by atoms with Gasteiger partial charge in [-0.25, -0.2) is 0 Å². The van der Waals surface area contributed by atoms with Crippen LogP contribution in [-0.4, -0.2) is 79.6 Å². The molecule has 1 atom stereocenters. The van der Waals surface area contributed by atoms with Crippen LogP contribution in [0, 0.1) is 0 Å². The first-order valence-corrected chi connectivity index (χ1v) is 9.38. The summed E-state index contributed by atoms with van der Waals surface area (Å²) in [4.78, 5) is 18.9. The molecule has 1 amide bonds. The number of hydrogen-bond donors (Lipinski definition) is 0. The summed E-state index contributed by atoms with van der Waals surface area (Å²) in [6.07, 6.45) is 2.69. The van der Waals surface area contributed by atoms with Crippen molar-refractivity contribution in [3.05, 3.63) is 35.9 Å². The smallest absolute Gasteiger partial charge is 0.222 e. The predicted octanol–water partition coefficient (Wildman–Crippen LogP) is 1.83. The molecule has 2 heterocycles. The van der Waals surface area contributed by atoms with E-state index in [2.05, 4.69) is 29.0 Å². The zero-order valence-corrected chi connectivity index (χ0v) is 15.6. The summed E-state index contributed by atoms with van der Waals surface area (Å²) in [5, 5.41) is 0. The summed E-state index contributed by atoms with van der Waals surface area (Å²) < 4.78 is 5.87. The van der Waals surface area contributed by atoms with Crippen LogP contribution in [-0.2, 0) is 16.1 Å². The summed E-state index contributed by atoms with van der Waals surface area (Å²) in [7, 11) is 4.15. The highest BCUT2D eigenvalue weighted by Gasteiger charge is 2.41. The van der Waals surface area contributed by atoms with Crippen LogP contribution in [0.4, 0.5) is 0 Å². The summed E-state index contributed by atoms with van der Waals surface area (Å²) in [5.41, 5.74) is 1.36. The van der Waals surface area contributed by atoms with Gasteiger partial charge in [0.1, 0.15) is 0 Å². The monoisotopic (exact) mass is 345 g/mol. The molecule has 2 saturated heterocycles. The highest BCUT2D eigenvalue weighted by molar-refractivity contribution is 5.76. The molecule has 0 aromatic heterocycles. The molecule has 1 aromatic carbocycles. The zero-order valence-electron chi connectivity index (χ0n) is 15.6. The molecule has 0 N–H and O–H groups in total. The third-order valence-corrected chi connectivity index (χ3v) is 5.89. The lowest BCUT2D eigenvalue weighted by molar-refractivity contribution is -0.129. The Bertz CT molecular complexity index is 565. The van der Waals surface area contributed by atoms with Crippen molar-refractivity contribution < 1.29 is 9.53 Å². The second-order valence-electron chi connectivity index (χ2n) is 7.53. The molecule has 1 aromatic rings. The van der Waals surface area contributed by atoms with Crippen LogP contribution in [0.2, 0.25) is 0 Å². The van der Waals surface area contributed by atoms with Crippen molar-refractivity contribution >= 4 is 5.91 Å². The van der Waals surface area contributed by atoms with E-state index in [0.29, 0.717) is 13.0 Å². The van der Waals surface area contributed by atoms with Crippen molar-refractivity contribution in [1.29, 1.82) is 0 Å². The predicted molar refractivity (Wildman–Crippen MR) is 99.4 cm³/mol. The maximum atomic E-state index is 12.0. The van der Waals surface area contributed by atoms with E-state index in [0.717, 1.165) is 52.2 Å². The van der Waals surface area contributed by atoms with E-state index in [1.54, 1.807) is 0 Å². The Morgan fingerprint density at radius 3 is 2.68 bits per heavy atom. The van der Waals surface area contributed by atoms with Gasteiger partial charge >= 0.3 is 0 Å². The highest BCUT2D eigenvalue weighted by Crippen LogP contribution is 2.31. The topological polar surface area (TPSA) is 36.0 Å². The maximum absolute atomic E-state index is 12.0. The average Bonchev–Trinajstić information content (AvgIpc) is 2.77. The van der Waals surface area contributed by atoms with Gasteiger partial charge in [0.2, 0.25) is 5.91 Å². The van der Waals surface area contributed by atoms with E-state index in [1.165, 1.54) is 5.56 Å². The van der Waals surface area contributed by atoms with Gasteiger partial charge < -0.3 is 9.64 Å². The van der Waals surface area contributed by atoms with Crippen LogP contribution >= 0.6 is 0 Å². The van der Waals surface area contributed by atoms with Gasteiger partial charge in [-0.3, -0.25) is 14.6 Å². The lowest BCUT2D eigenvalue weighted by Crippen LogP contribution is -2.61. The number of piperazine rings is 1. The van der Waals surface area contributed by atoms with Gasteiger partial charge in [-0.1, -0.05) is 30.3 Å². The van der Waals surface area contributed by atoms with Crippen LogP contribution in [0.3, 0.4) is 0 Å². The minimum absolute atomic E-state index is 0.137. The van der Waals surface area contributed by atoms with Gasteiger partial charge in [-0.2, -0.15) is 0 Å². The summed E-state index contributed by atoms with van der Waals surface area (Å²) in [6, 6.07) is 10.3. The fourth-order valence-electron chi connectivity index (χ4n) is 3.99. The Hall–Kier alpha value is -1.43.